The molecular weight excluding hydrogens is 232 g/mol. The van der Waals surface area contributed by atoms with Crippen LogP contribution in [0.3, 0.4) is 0 Å². The summed E-state index contributed by atoms with van der Waals surface area (Å²) in [5.74, 6) is 0. The number of nitro benzene ring substituents is 1. The molecule has 1 rings (SSSR count). The molecule has 0 fully saturated rings. The van der Waals surface area contributed by atoms with E-state index in [9.17, 15) is 10.1 Å². The number of aliphatic hydroxyl groups is 1. The predicted molar refractivity (Wildman–Crippen MR) is 70.6 cm³/mol. The van der Waals surface area contributed by atoms with Crippen molar-refractivity contribution < 1.29 is 10.0 Å². The van der Waals surface area contributed by atoms with Crippen LogP contribution in [-0.4, -0.2) is 29.2 Å². The summed E-state index contributed by atoms with van der Waals surface area (Å²) in [5.41, 5.74) is 0.920. The number of para-hydroxylation sites is 1. The van der Waals surface area contributed by atoms with Gasteiger partial charge in [-0.3, -0.25) is 10.1 Å². The molecule has 0 bridgehead atoms. The molecule has 0 aliphatic rings. The Kier molecular flexibility index (Phi) is 6.32. The number of benzene rings is 1. The van der Waals surface area contributed by atoms with Crippen LogP contribution in [0, 0.1) is 10.1 Å². The molecule has 1 aromatic carbocycles. The molecule has 1 atom stereocenters. The molecule has 1 aromatic rings. The van der Waals surface area contributed by atoms with Crippen molar-refractivity contribution in [3.8, 4) is 0 Å². The molecule has 0 aliphatic heterocycles. The van der Waals surface area contributed by atoms with Crippen molar-refractivity contribution in [2.75, 3.05) is 13.2 Å². The standard InChI is InChI=1S/C13H20N2O3/c1-2-12(8-10-16)14-9-7-11-5-3-4-6-13(11)15(17)18/h3-6,12,14,16H,2,7-10H2,1H3. The van der Waals surface area contributed by atoms with Crippen molar-refractivity contribution in [2.45, 2.75) is 32.2 Å². The molecule has 5 nitrogen and oxygen atoms in total. The lowest BCUT2D eigenvalue weighted by Crippen LogP contribution is -2.31. The Morgan fingerprint density at radius 2 is 2.17 bits per heavy atom. The molecule has 1 unspecified atom stereocenters. The molecule has 0 heterocycles. The lowest BCUT2D eigenvalue weighted by atomic mass is 10.1. The van der Waals surface area contributed by atoms with Crippen molar-refractivity contribution in [2.24, 2.45) is 0 Å². The first-order valence-electron chi connectivity index (χ1n) is 6.25. The summed E-state index contributed by atoms with van der Waals surface area (Å²) < 4.78 is 0. The van der Waals surface area contributed by atoms with Gasteiger partial charge in [-0.25, -0.2) is 0 Å². The highest BCUT2D eigenvalue weighted by atomic mass is 16.6. The van der Waals surface area contributed by atoms with Crippen LogP contribution in [-0.2, 0) is 6.42 Å². The lowest BCUT2D eigenvalue weighted by Gasteiger charge is -2.15. The lowest BCUT2D eigenvalue weighted by molar-refractivity contribution is -0.385. The topological polar surface area (TPSA) is 75.4 Å². The summed E-state index contributed by atoms with van der Waals surface area (Å²) in [5, 5.41) is 23.0. The quantitative estimate of drug-likeness (QED) is 0.547. The highest BCUT2D eigenvalue weighted by Crippen LogP contribution is 2.17. The van der Waals surface area contributed by atoms with Crippen LogP contribution in [0.2, 0.25) is 0 Å². The van der Waals surface area contributed by atoms with E-state index in [0.29, 0.717) is 19.4 Å². The van der Waals surface area contributed by atoms with Crippen molar-refractivity contribution >= 4 is 5.69 Å². The van der Waals surface area contributed by atoms with Crippen LogP contribution in [0.25, 0.3) is 0 Å². The summed E-state index contributed by atoms with van der Waals surface area (Å²) in [4.78, 5) is 10.5. The molecule has 0 saturated heterocycles. The molecule has 0 spiro atoms. The first kappa shape index (κ1) is 14.6. The average molecular weight is 252 g/mol. The van der Waals surface area contributed by atoms with Gasteiger partial charge in [-0.15, -0.1) is 0 Å². The van der Waals surface area contributed by atoms with Gasteiger partial charge in [0.1, 0.15) is 0 Å². The molecule has 0 aromatic heterocycles. The normalized spacial score (nSPS) is 12.3. The van der Waals surface area contributed by atoms with E-state index in [2.05, 4.69) is 12.2 Å². The minimum atomic E-state index is -0.347. The molecule has 2 N–H and O–H groups in total. The van der Waals surface area contributed by atoms with Gasteiger partial charge in [0, 0.05) is 24.3 Å². The van der Waals surface area contributed by atoms with Crippen LogP contribution >= 0.6 is 0 Å². The fourth-order valence-electron chi connectivity index (χ4n) is 1.92. The van der Waals surface area contributed by atoms with Gasteiger partial charge in [0.2, 0.25) is 0 Å². The van der Waals surface area contributed by atoms with Crippen LogP contribution in [0.5, 0.6) is 0 Å². The van der Waals surface area contributed by atoms with Gasteiger partial charge in [0.15, 0.2) is 0 Å². The van der Waals surface area contributed by atoms with Crippen molar-refractivity contribution in [3.63, 3.8) is 0 Å². The number of aliphatic hydroxyl groups excluding tert-OH is 1. The molecule has 18 heavy (non-hydrogen) atoms. The maximum atomic E-state index is 10.8. The predicted octanol–water partition coefficient (Wildman–Crippen LogP) is 1.89. The fourth-order valence-corrected chi connectivity index (χ4v) is 1.92. The Bertz CT molecular complexity index is 382. The number of hydrogen-bond acceptors (Lipinski definition) is 4. The minimum absolute atomic E-state index is 0.164. The first-order valence-corrected chi connectivity index (χ1v) is 6.25. The Morgan fingerprint density at radius 3 is 2.78 bits per heavy atom. The minimum Gasteiger partial charge on any atom is -0.396 e. The van der Waals surface area contributed by atoms with Crippen molar-refractivity contribution in [3.05, 3.63) is 39.9 Å². The molecule has 0 radical (unpaired) electrons. The van der Waals surface area contributed by atoms with E-state index in [1.54, 1.807) is 12.1 Å². The Hall–Kier alpha value is -1.46. The molecule has 5 heteroatoms. The molecule has 0 aliphatic carbocycles. The fraction of sp³-hybridized carbons (Fsp3) is 0.538. The van der Waals surface area contributed by atoms with Crippen LogP contribution in [0.1, 0.15) is 25.3 Å². The summed E-state index contributed by atoms with van der Waals surface area (Å²) in [6, 6.07) is 7.08. The highest BCUT2D eigenvalue weighted by molar-refractivity contribution is 5.39. The van der Waals surface area contributed by atoms with Crippen molar-refractivity contribution in [1.82, 2.24) is 5.32 Å². The number of nitrogens with one attached hydrogen (secondary N) is 1. The number of hydrogen-bond donors (Lipinski definition) is 2. The molecule has 100 valence electrons. The van der Waals surface area contributed by atoms with E-state index in [-0.39, 0.29) is 23.3 Å². The third kappa shape index (κ3) is 4.43. The highest BCUT2D eigenvalue weighted by Gasteiger charge is 2.12. The van der Waals surface area contributed by atoms with E-state index < -0.39 is 0 Å². The van der Waals surface area contributed by atoms with Gasteiger partial charge >= 0.3 is 0 Å². The summed E-state index contributed by atoms with van der Waals surface area (Å²) in [6.45, 7) is 2.90. The van der Waals surface area contributed by atoms with Gasteiger partial charge in [-0.05, 0) is 25.8 Å². The third-order valence-electron chi connectivity index (χ3n) is 2.99. The van der Waals surface area contributed by atoms with Gasteiger partial charge in [-0.1, -0.05) is 25.1 Å². The maximum absolute atomic E-state index is 10.8. The zero-order valence-electron chi connectivity index (χ0n) is 10.6. The van der Waals surface area contributed by atoms with Crippen LogP contribution in [0.15, 0.2) is 24.3 Å². The first-order chi connectivity index (χ1) is 8.69. The number of nitro groups is 1. The van der Waals surface area contributed by atoms with Crippen molar-refractivity contribution in [1.29, 1.82) is 0 Å². The second-order valence-electron chi connectivity index (χ2n) is 4.21. The smallest absolute Gasteiger partial charge is 0.272 e. The van der Waals surface area contributed by atoms with Gasteiger partial charge in [-0.2, -0.15) is 0 Å². The third-order valence-corrected chi connectivity index (χ3v) is 2.99. The number of nitrogens with zero attached hydrogens (tertiary/aromatic N) is 1. The van der Waals surface area contributed by atoms with E-state index in [0.717, 1.165) is 12.0 Å². The molecule has 0 amide bonds. The van der Waals surface area contributed by atoms with Crippen LogP contribution < -0.4 is 5.32 Å². The Morgan fingerprint density at radius 1 is 1.44 bits per heavy atom. The number of rotatable bonds is 8. The molecule has 0 saturated carbocycles. The zero-order chi connectivity index (χ0) is 13.4. The zero-order valence-corrected chi connectivity index (χ0v) is 10.6. The van der Waals surface area contributed by atoms with Gasteiger partial charge in [0.25, 0.3) is 5.69 Å². The summed E-state index contributed by atoms with van der Waals surface area (Å²) >= 11 is 0. The summed E-state index contributed by atoms with van der Waals surface area (Å²) in [7, 11) is 0. The largest absolute Gasteiger partial charge is 0.396 e. The van der Waals surface area contributed by atoms with Crippen LogP contribution in [0.4, 0.5) is 5.69 Å². The maximum Gasteiger partial charge on any atom is 0.272 e. The molecular formula is C13H20N2O3. The van der Waals surface area contributed by atoms with E-state index >= 15 is 0 Å². The second kappa shape index (κ2) is 7.79. The average Bonchev–Trinajstić information content (AvgIpc) is 2.38. The van der Waals surface area contributed by atoms with Gasteiger partial charge < -0.3 is 10.4 Å². The van der Waals surface area contributed by atoms with E-state index in [1.165, 1.54) is 6.07 Å². The van der Waals surface area contributed by atoms with Gasteiger partial charge in [0.05, 0.1) is 4.92 Å². The Balaban J connectivity index is 2.50. The Labute approximate surface area is 107 Å². The SMILES string of the molecule is CCC(CCO)NCCc1ccccc1[N+](=O)[O-]. The van der Waals surface area contributed by atoms with E-state index in [1.807, 2.05) is 6.07 Å². The summed E-state index contributed by atoms with van der Waals surface area (Å²) in [6.07, 6.45) is 2.28. The monoisotopic (exact) mass is 252 g/mol. The second-order valence-corrected chi connectivity index (χ2v) is 4.21. The van der Waals surface area contributed by atoms with E-state index in [4.69, 9.17) is 5.11 Å².